The first-order valence-electron chi connectivity index (χ1n) is 8.88. The van der Waals surface area contributed by atoms with Crippen molar-refractivity contribution < 1.29 is 23.9 Å². The fraction of sp³-hybridized carbons (Fsp3) is 0.286. The molecule has 148 valence electrons. The highest BCUT2D eigenvalue weighted by molar-refractivity contribution is 5.96. The first kappa shape index (κ1) is 21.1. The van der Waals surface area contributed by atoms with Crippen LogP contribution in [0.1, 0.15) is 36.7 Å². The zero-order valence-corrected chi connectivity index (χ0v) is 16.2. The van der Waals surface area contributed by atoms with Crippen LogP contribution in [0, 0.1) is 0 Å². The van der Waals surface area contributed by atoms with E-state index in [2.05, 4.69) is 10.6 Å². The first-order valence-corrected chi connectivity index (χ1v) is 8.88. The van der Waals surface area contributed by atoms with Gasteiger partial charge in [0.25, 0.3) is 5.91 Å². The number of benzene rings is 2. The third-order valence-electron chi connectivity index (χ3n) is 3.57. The van der Waals surface area contributed by atoms with Crippen molar-refractivity contribution in [2.75, 3.05) is 17.2 Å². The number of nitrogens with one attached hydrogen (secondary N) is 2. The zero-order chi connectivity index (χ0) is 20.5. The highest BCUT2D eigenvalue weighted by atomic mass is 16.5. The fourth-order valence-electron chi connectivity index (χ4n) is 2.29. The molecular formula is C21H24N2O5. The fourth-order valence-corrected chi connectivity index (χ4v) is 2.29. The van der Waals surface area contributed by atoms with Crippen LogP contribution in [0.4, 0.5) is 11.4 Å². The predicted molar refractivity (Wildman–Crippen MR) is 106 cm³/mol. The second-order valence-corrected chi connectivity index (χ2v) is 6.44. The number of anilines is 2. The SMILES string of the molecule is CC(=O)Nc1cccc(NC(=O)COC(=O)c2ccc(COC(C)C)cc2)c1. The summed E-state index contributed by atoms with van der Waals surface area (Å²) in [7, 11) is 0. The molecule has 2 amide bonds. The number of esters is 1. The zero-order valence-electron chi connectivity index (χ0n) is 16.2. The topological polar surface area (TPSA) is 93.7 Å². The summed E-state index contributed by atoms with van der Waals surface area (Å²) in [6, 6.07) is 13.5. The Morgan fingerprint density at radius 2 is 1.61 bits per heavy atom. The summed E-state index contributed by atoms with van der Waals surface area (Å²) in [4.78, 5) is 35.1. The molecule has 2 aromatic carbocycles. The predicted octanol–water partition coefficient (Wildman–Crippen LogP) is 3.37. The second-order valence-electron chi connectivity index (χ2n) is 6.44. The van der Waals surface area contributed by atoms with Gasteiger partial charge in [0, 0.05) is 18.3 Å². The lowest BCUT2D eigenvalue weighted by molar-refractivity contribution is -0.119. The van der Waals surface area contributed by atoms with E-state index in [4.69, 9.17) is 9.47 Å². The number of carbonyl (C=O) groups excluding carboxylic acids is 3. The second kappa shape index (κ2) is 10.2. The number of hydrogen-bond acceptors (Lipinski definition) is 5. The number of rotatable bonds is 8. The van der Waals surface area contributed by atoms with Crippen molar-refractivity contribution >= 4 is 29.2 Å². The molecule has 7 nitrogen and oxygen atoms in total. The summed E-state index contributed by atoms with van der Waals surface area (Å²) in [5.41, 5.74) is 2.35. The van der Waals surface area contributed by atoms with Crippen molar-refractivity contribution in [2.45, 2.75) is 33.5 Å². The molecule has 0 heterocycles. The summed E-state index contributed by atoms with van der Waals surface area (Å²) < 4.78 is 10.5. The van der Waals surface area contributed by atoms with Gasteiger partial charge in [-0.1, -0.05) is 18.2 Å². The normalized spacial score (nSPS) is 10.4. The molecule has 0 radical (unpaired) electrons. The molecule has 28 heavy (non-hydrogen) atoms. The largest absolute Gasteiger partial charge is 0.452 e. The van der Waals surface area contributed by atoms with Gasteiger partial charge in [-0.25, -0.2) is 4.79 Å². The third-order valence-corrected chi connectivity index (χ3v) is 3.57. The summed E-state index contributed by atoms with van der Waals surface area (Å²) in [6.07, 6.45) is 0.127. The van der Waals surface area contributed by atoms with Crippen LogP contribution in [0.5, 0.6) is 0 Å². The molecule has 0 bridgehead atoms. The average molecular weight is 384 g/mol. The van der Waals surface area contributed by atoms with Gasteiger partial charge in [-0.05, 0) is 49.7 Å². The van der Waals surface area contributed by atoms with Crippen molar-refractivity contribution in [2.24, 2.45) is 0 Å². The van der Waals surface area contributed by atoms with E-state index in [1.54, 1.807) is 48.5 Å². The summed E-state index contributed by atoms with van der Waals surface area (Å²) in [5.74, 6) is -1.27. The van der Waals surface area contributed by atoms with Crippen LogP contribution in [0.3, 0.4) is 0 Å². The van der Waals surface area contributed by atoms with Crippen LogP contribution < -0.4 is 10.6 Å². The Bertz CT molecular complexity index is 831. The Morgan fingerprint density at radius 3 is 2.21 bits per heavy atom. The molecule has 2 aromatic rings. The van der Waals surface area contributed by atoms with E-state index >= 15 is 0 Å². The quantitative estimate of drug-likeness (QED) is 0.681. The minimum absolute atomic E-state index is 0.127. The molecule has 2 rings (SSSR count). The first-order chi connectivity index (χ1) is 13.3. The Labute approximate surface area is 164 Å². The minimum atomic E-state index is -0.585. The smallest absolute Gasteiger partial charge is 0.338 e. The lowest BCUT2D eigenvalue weighted by Gasteiger charge is -2.09. The molecule has 0 saturated heterocycles. The standard InChI is InChI=1S/C21H24N2O5/c1-14(2)27-12-16-7-9-17(10-8-16)21(26)28-13-20(25)23-19-6-4-5-18(11-19)22-15(3)24/h4-11,14H,12-13H2,1-3H3,(H,22,24)(H,23,25). The molecule has 0 saturated carbocycles. The van der Waals surface area contributed by atoms with Crippen LogP contribution >= 0.6 is 0 Å². The highest BCUT2D eigenvalue weighted by Crippen LogP contribution is 2.15. The van der Waals surface area contributed by atoms with Gasteiger partial charge in [0.15, 0.2) is 6.61 Å². The molecule has 0 fully saturated rings. The van der Waals surface area contributed by atoms with Crippen LogP contribution in [0.2, 0.25) is 0 Å². The van der Waals surface area contributed by atoms with Gasteiger partial charge in [-0.2, -0.15) is 0 Å². The van der Waals surface area contributed by atoms with E-state index < -0.39 is 18.5 Å². The Hall–Kier alpha value is -3.19. The maximum atomic E-state index is 12.1. The summed E-state index contributed by atoms with van der Waals surface area (Å²) >= 11 is 0. The number of amides is 2. The van der Waals surface area contributed by atoms with E-state index in [0.717, 1.165) is 5.56 Å². The number of carbonyl (C=O) groups is 3. The van der Waals surface area contributed by atoms with Gasteiger partial charge in [-0.15, -0.1) is 0 Å². The van der Waals surface area contributed by atoms with E-state index in [-0.39, 0.29) is 12.0 Å². The number of hydrogen-bond donors (Lipinski definition) is 2. The Morgan fingerprint density at radius 1 is 0.964 bits per heavy atom. The highest BCUT2D eigenvalue weighted by Gasteiger charge is 2.11. The molecule has 0 aliphatic carbocycles. The molecule has 0 atom stereocenters. The van der Waals surface area contributed by atoms with Gasteiger partial charge >= 0.3 is 5.97 Å². The van der Waals surface area contributed by atoms with E-state index in [9.17, 15) is 14.4 Å². The van der Waals surface area contributed by atoms with Crippen LogP contribution in [-0.4, -0.2) is 30.5 Å². The van der Waals surface area contributed by atoms with Gasteiger partial charge in [-0.3, -0.25) is 9.59 Å². The van der Waals surface area contributed by atoms with E-state index in [0.29, 0.717) is 23.5 Å². The van der Waals surface area contributed by atoms with Crippen molar-refractivity contribution in [3.63, 3.8) is 0 Å². The minimum Gasteiger partial charge on any atom is -0.452 e. The van der Waals surface area contributed by atoms with Crippen molar-refractivity contribution in [1.82, 2.24) is 0 Å². The van der Waals surface area contributed by atoms with E-state index in [1.165, 1.54) is 6.92 Å². The van der Waals surface area contributed by atoms with Crippen LogP contribution in [0.25, 0.3) is 0 Å². The van der Waals surface area contributed by atoms with Crippen LogP contribution in [-0.2, 0) is 25.7 Å². The summed E-state index contributed by atoms with van der Waals surface area (Å²) in [5, 5.41) is 5.24. The lowest BCUT2D eigenvalue weighted by Crippen LogP contribution is -2.21. The van der Waals surface area contributed by atoms with Gasteiger partial charge in [0.1, 0.15) is 0 Å². The Balaban J connectivity index is 1.83. The van der Waals surface area contributed by atoms with Crippen LogP contribution in [0.15, 0.2) is 48.5 Å². The molecule has 0 unspecified atom stereocenters. The number of ether oxygens (including phenoxy) is 2. The average Bonchev–Trinajstić information content (AvgIpc) is 2.64. The van der Waals surface area contributed by atoms with Gasteiger partial charge < -0.3 is 20.1 Å². The molecule has 0 aromatic heterocycles. The monoisotopic (exact) mass is 384 g/mol. The molecule has 0 aliphatic heterocycles. The molecule has 0 spiro atoms. The van der Waals surface area contributed by atoms with Crippen molar-refractivity contribution in [3.8, 4) is 0 Å². The molecule has 2 N–H and O–H groups in total. The Kier molecular flexibility index (Phi) is 7.71. The lowest BCUT2D eigenvalue weighted by atomic mass is 10.1. The van der Waals surface area contributed by atoms with Gasteiger partial charge in [0.05, 0.1) is 18.3 Å². The maximum absolute atomic E-state index is 12.1. The van der Waals surface area contributed by atoms with Gasteiger partial charge in [0.2, 0.25) is 5.91 Å². The molecule has 0 aliphatic rings. The molecule has 7 heteroatoms. The van der Waals surface area contributed by atoms with Crippen molar-refractivity contribution in [1.29, 1.82) is 0 Å². The van der Waals surface area contributed by atoms with Crippen molar-refractivity contribution in [3.05, 3.63) is 59.7 Å². The maximum Gasteiger partial charge on any atom is 0.338 e. The van der Waals surface area contributed by atoms with E-state index in [1.807, 2.05) is 13.8 Å². The molecular weight excluding hydrogens is 360 g/mol. The third kappa shape index (κ3) is 7.20. The summed E-state index contributed by atoms with van der Waals surface area (Å²) in [6.45, 7) is 5.35.